The van der Waals surface area contributed by atoms with E-state index in [0.29, 0.717) is 11.1 Å². The summed E-state index contributed by atoms with van der Waals surface area (Å²) in [6, 6.07) is 17.5. The molecule has 0 saturated carbocycles. The molecular weight excluding hydrogens is 367 g/mol. The summed E-state index contributed by atoms with van der Waals surface area (Å²) < 4.78 is 0. The number of benzene rings is 2. The molecule has 0 N–H and O–H groups in total. The van der Waals surface area contributed by atoms with Crippen LogP contribution in [0.25, 0.3) is 5.76 Å². The Hall–Kier alpha value is -1.55. The van der Waals surface area contributed by atoms with Crippen molar-refractivity contribution < 1.29 is 9.90 Å². The van der Waals surface area contributed by atoms with Crippen LogP contribution in [-0.4, -0.2) is 29.7 Å². The van der Waals surface area contributed by atoms with Crippen LogP contribution in [0.5, 0.6) is 0 Å². The molecule has 108 valence electrons. The van der Waals surface area contributed by atoms with Gasteiger partial charge in [-0.25, -0.2) is 0 Å². The minimum absolute atomic E-state index is 0. The molecule has 0 fully saturated rings. The largest absolute Gasteiger partial charge is 4.00 e. The Balaban J connectivity index is -0.000000810. The van der Waals surface area contributed by atoms with Crippen LogP contribution in [0.15, 0.2) is 66.7 Å². The Morgan fingerprint density at radius 1 is 0.762 bits per heavy atom. The second kappa shape index (κ2) is 12.2. The van der Waals surface area contributed by atoms with E-state index in [-0.39, 0.29) is 57.7 Å². The molecule has 0 amide bonds. The molecule has 0 saturated heterocycles. The minimum atomic E-state index is -0.264. The van der Waals surface area contributed by atoms with Gasteiger partial charge in [0.1, 0.15) is 0 Å². The molecule has 0 spiro atoms. The van der Waals surface area contributed by atoms with E-state index in [4.69, 9.17) is 0 Å². The Labute approximate surface area is 145 Å². The number of hydrogen-bond acceptors (Lipinski definition) is 2. The van der Waals surface area contributed by atoms with Crippen molar-refractivity contribution in [3.63, 3.8) is 0 Å². The summed E-state index contributed by atoms with van der Waals surface area (Å²) in [7, 11) is 0. The van der Waals surface area contributed by atoms with Gasteiger partial charge in [-0.15, -0.1) is 0 Å². The van der Waals surface area contributed by atoms with Gasteiger partial charge in [0, 0.05) is 5.56 Å². The summed E-state index contributed by atoms with van der Waals surface area (Å²) in [5.41, 5.74) is 1.05. The number of hydrogen-bond donors (Lipinski definition) is 0. The van der Waals surface area contributed by atoms with Gasteiger partial charge in [0.05, 0.1) is 0 Å². The zero-order valence-electron chi connectivity index (χ0n) is 12.7. The van der Waals surface area contributed by atoms with E-state index in [2.05, 4.69) is 0 Å². The topological polar surface area (TPSA) is 40.1 Å². The zero-order chi connectivity index (χ0) is 12.1. The van der Waals surface area contributed by atoms with Crippen molar-refractivity contribution in [1.29, 1.82) is 0 Å². The third-order valence-electron chi connectivity index (χ3n) is 2.38. The monoisotopic (exact) mass is 388 g/mol. The minimum Gasteiger partial charge on any atom is -0.872 e. The third-order valence-corrected chi connectivity index (χ3v) is 2.38. The van der Waals surface area contributed by atoms with Crippen molar-refractivity contribution in [3.05, 3.63) is 100 Å². The summed E-state index contributed by atoms with van der Waals surface area (Å²) >= 11 is 0. The molecule has 21 heavy (non-hydrogen) atoms. The first-order valence-electron chi connectivity index (χ1n) is 5.31. The third kappa shape index (κ3) is 7.14. The van der Waals surface area contributed by atoms with Crippen molar-refractivity contribution in [1.82, 2.24) is 0 Å². The van der Waals surface area contributed by atoms with Crippen LogP contribution in [-0.2, 0) is 0 Å². The molecule has 0 atom stereocenters. The van der Waals surface area contributed by atoms with E-state index in [1.54, 1.807) is 48.5 Å². The standard InChI is InChI=1S/C15H12O2.3CH3.Sn/c16-14(12-7-3-1-4-8-12)11-15(17)13-9-5-2-6-10-13;;;;/h1-11,16H;3*1H3;/q;3*-1;+4/p-1/b14-11-;;;;. The van der Waals surface area contributed by atoms with Crippen LogP contribution in [0.4, 0.5) is 0 Å². The van der Waals surface area contributed by atoms with Crippen molar-refractivity contribution in [2.45, 2.75) is 0 Å². The van der Waals surface area contributed by atoms with Gasteiger partial charge in [-0.3, -0.25) is 4.79 Å². The van der Waals surface area contributed by atoms with Crippen molar-refractivity contribution >= 4 is 35.4 Å². The quantitative estimate of drug-likeness (QED) is 0.267. The van der Waals surface area contributed by atoms with Gasteiger partial charge in [-0.1, -0.05) is 66.4 Å². The van der Waals surface area contributed by atoms with Crippen LogP contribution in [0.3, 0.4) is 0 Å². The molecule has 0 aromatic heterocycles. The zero-order valence-corrected chi connectivity index (χ0v) is 15.5. The molecule has 0 unspecified atom stereocenters. The molecule has 0 heterocycles. The molecule has 2 nitrogen and oxygen atoms in total. The maximum absolute atomic E-state index is 11.8. The number of rotatable bonds is 3. The first kappa shape index (κ1) is 24.5. The Kier molecular flexibility index (Phi) is 14.2. The summed E-state index contributed by atoms with van der Waals surface area (Å²) in [4.78, 5) is 11.8. The fourth-order valence-corrected chi connectivity index (χ4v) is 1.49. The molecule has 0 radical (unpaired) electrons. The number of allylic oxidation sites excluding steroid dienone is 1. The van der Waals surface area contributed by atoms with E-state index in [1.807, 2.05) is 12.1 Å². The number of carbonyl (C=O) groups excluding carboxylic acids is 1. The molecule has 2 aromatic rings. The molecule has 0 aliphatic carbocycles. The average Bonchev–Trinajstić information content (AvgIpc) is 2.40. The van der Waals surface area contributed by atoms with E-state index >= 15 is 0 Å². The first-order valence-corrected chi connectivity index (χ1v) is 5.31. The summed E-state index contributed by atoms with van der Waals surface area (Å²) in [6.45, 7) is 0. The fraction of sp³-hybridized carbons (Fsp3) is 0. The van der Waals surface area contributed by atoms with Gasteiger partial charge in [0.15, 0.2) is 5.78 Å². The predicted octanol–water partition coefficient (Wildman–Crippen LogP) is 3.24. The summed E-state index contributed by atoms with van der Waals surface area (Å²) in [5, 5.41) is 11.8. The molecule has 0 aliphatic heterocycles. The van der Waals surface area contributed by atoms with Crippen molar-refractivity contribution in [3.8, 4) is 0 Å². The maximum atomic E-state index is 11.8. The molecule has 0 bridgehead atoms. The van der Waals surface area contributed by atoms with E-state index < -0.39 is 0 Å². The Morgan fingerprint density at radius 3 is 1.57 bits per heavy atom. The molecule has 3 heteroatoms. The van der Waals surface area contributed by atoms with E-state index in [0.717, 1.165) is 6.08 Å². The molecule has 2 aromatic carbocycles. The van der Waals surface area contributed by atoms with Gasteiger partial charge in [-0.2, -0.15) is 0 Å². The predicted molar refractivity (Wildman–Crippen MR) is 90.2 cm³/mol. The number of ketones is 1. The summed E-state index contributed by atoms with van der Waals surface area (Å²) in [6.07, 6.45) is 1.13. The fourth-order valence-electron chi connectivity index (χ4n) is 1.49. The van der Waals surface area contributed by atoms with Crippen LogP contribution >= 0.6 is 0 Å². The van der Waals surface area contributed by atoms with Gasteiger partial charge >= 0.3 is 23.9 Å². The number of carbonyl (C=O) groups is 1. The smallest absolute Gasteiger partial charge is 0.872 e. The molecular formula is C18H20O2Sn. The van der Waals surface area contributed by atoms with Crippen LogP contribution in [0.2, 0.25) is 0 Å². The van der Waals surface area contributed by atoms with Crippen LogP contribution in [0, 0.1) is 22.3 Å². The first-order chi connectivity index (χ1) is 8.27. The van der Waals surface area contributed by atoms with Crippen molar-refractivity contribution in [2.75, 3.05) is 0 Å². The van der Waals surface area contributed by atoms with Crippen molar-refractivity contribution in [2.24, 2.45) is 0 Å². The second-order valence-corrected chi connectivity index (χ2v) is 3.60. The summed E-state index contributed by atoms with van der Waals surface area (Å²) in [5.74, 6) is -0.529. The van der Waals surface area contributed by atoms with E-state index in [1.165, 1.54) is 0 Å². The second-order valence-electron chi connectivity index (χ2n) is 3.60. The van der Waals surface area contributed by atoms with Crippen LogP contribution in [0.1, 0.15) is 15.9 Å². The van der Waals surface area contributed by atoms with Crippen LogP contribution < -0.4 is 5.11 Å². The maximum Gasteiger partial charge on any atom is 4.00 e. The SMILES string of the molecule is O=C(/C=C(\[O-])c1ccccc1)c1ccccc1.[CH3-].[CH3-].[CH3-].[Sn+4]. The van der Waals surface area contributed by atoms with E-state index in [9.17, 15) is 9.90 Å². The van der Waals surface area contributed by atoms with Gasteiger partial charge in [0.2, 0.25) is 0 Å². The van der Waals surface area contributed by atoms with Gasteiger partial charge in [0.25, 0.3) is 0 Å². The average molecular weight is 387 g/mol. The Morgan fingerprint density at radius 2 is 1.14 bits per heavy atom. The van der Waals surface area contributed by atoms with Gasteiger partial charge < -0.3 is 27.4 Å². The van der Waals surface area contributed by atoms with Gasteiger partial charge in [-0.05, 0) is 11.6 Å². The molecule has 2 rings (SSSR count). The molecule has 0 aliphatic rings. The Bertz CT molecular complexity index is 534. The normalized spacial score (nSPS) is 9.05.